The zero-order chi connectivity index (χ0) is 12.8. The topological polar surface area (TPSA) is 46.6 Å². The van der Waals surface area contributed by atoms with Gasteiger partial charge in [0.2, 0.25) is 0 Å². The molecule has 1 aliphatic carbocycles. The summed E-state index contributed by atoms with van der Waals surface area (Å²) in [5.41, 5.74) is -0.529. The van der Waals surface area contributed by atoms with Gasteiger partial charge in [0, 0.05) is 6.04 Å². The van der Waals surface area contributed by atoms with Gasteiger partial charge in [-0.05, 0) is 39.5 Å². The summed E-state index contributed by atoms with van der Waals surface area (Å²) in [6.07, 6.45) is 1.35. The van der Waals surface area contributed by atoms with Gasteiger partial charge in [0.05, 0.1) is 11.9 Å². The molecule has 0 unspecified atom stereocenters. The zero-order valence-corrected chi connectivity index (χ0v) is 11.2. The molecule has 1 heterocycles. The van der Waals surface area contributed by atoms with Crippen LogP contribution in [0, 0.1) is 5.92 Å². The fourth-order valence-corrected chi connectivity index (χ4v) is 2.59. The Hall–Kier alpha value is -0.770. The molecule has 2 aliphatic rings. The third kappa shape index (κ3) is 2.57. The summed E-state index contributed by atoms with van der Waals surface area (Å²) < 4.78 is 5.34. The van der Waals surface area contributed by atoms with E-state index in [4.69, 9.17) is 16.3 Å². The average Bonchev–Trinajstić information content (AvgIpc) is 2.85. The van der Waals surface area contributed by atoms with E-state index in [0.29, 0.717) is 5.92 Å². The number of Topliss-reactive ketones (excluding diaryl/α,β-unsaturated/α-hetero) is 1. The number of hydrogen-bond donors (Lipinski definition) is 0. The van der Waals surface area contributed by atoms with Crippen LogP contribution in [0.3, 0.4) is 0 Å². The van der Waals surface area contributed by atoms with Crippen molar-refractivity contribution in [2.45, 2.75) is 51.3 Å². The van der Waals surface area contributed by atoms with Gasteiger partial charge in [0.15, 0.2) is 5.78 Å². The van der Waals surface area contributed by atoms with Crippen LogP contribution in [0.1, 0.15) is 33.6 Å². The van der Waals surface area contributed by atoms with E-state index < -0.39 is 5.60 Å². The van der Waals surface area contributed by atoms with Gasteiger partial charge in [-0.25, -0.2) is 4.79 Å². The van der Waals surface area contributed by atoms with Crippen molar-refractivity contribution in [3.05, 3.63) is 0 Å². The molecular formula is C12H18ClNO3. The van der Waals surface area contributed by atoms with Crippen LogP contribution in [-0.4, -0.2) is 40.3 Å². The molecule has 1 saturated heterocycles. The lowest BCUT2D eigenvalue weighted by Gasteiger charge is -2.29. The van der Waals surface area contributed by atoms with Gasteiger partial charge in [0.25, 0.3) is 0 Å². The zero-order valence-electron chi connectivity index (χ0n) is 10.4. The first-order valence-corrected chi connectivity index (χ1v) is 6.47. The van der Waals surface area contributed by atoms with Crippen molar-refractivity contribution in [1.29, 1.82) is 0 Å². The van der Waals surface area contributed by atoms with E-state index in [2.05, 4.69) is 0 Å². The number of fused-ring (bicyclic) bond motifs is 1. The minimum absolute atomic E-state index is 0.0383. The molecular weight excluding hydrogens is 242 g/mol. The first-order valence-electron chi connectivity index (χ1n) is 5.93. The fraction of sp³-hybridized carbons (Fsp3) is 0.833. The lowest BCUT2D eigenvalue weighted by atomic mass is 10.1. The number of alkyl halides is 1. The summed E-state index contributed by atoms with van der Waals surface area (Å²) in [7, 11) is 0. The van der Waals surface area contributed by atoms with Gasteiger partial charge in [-0.2, -0.15) is 0 Å². The maximum absolute atomic E-state index is 12.0. The molecule has 4 nitrogen and oxygen atoms in total. The van der Waals surface area contributed by atoms with E-state index in [1.807, 2.05) is 20.8 Å². The van der Waals surface area contributed by atoms with E-state index in [1.54, 1.807) is 4.90 Å². The molecule has 17 heavy (non-hydrogen) atoms. The third-order valence-electron chi connectivity index (χ3n) is 3.21. The van der Waals surface area contributed by atoms with Crippen molar-refractivity contribution >= 4 is 23.5 Å². The second kappa shape index (κ2) is 4.16. The van der Waals surface area contributed by atoms with Gasteiger partial charge in [-0.15, -0.1) is 11.6 Å². The number of carbonyl (C=O) groups is 2. The number of likely N-dealkylation sites (tertiary alicyclic amines) is 1. The van der Waals surface area contributed by atoms with Crippen LogP contribution in [0.5, 0.6) is 0 Å². The van der Waals surface area contributed by atoms with Gasteiger partial charge in [-0.1, -0.05) is 0 Å². The number of amides is 1. The van der Waals surface area contributed by atoms with Crippen LogP contribution >= 0.6 is 11.6 Å². The number of halogens is 1. The Labute approximate surface area is 106 Å². The van der Waals surface area contributed by atoms with Gasteiger partial charge < -0.3 is 4.74 Å². The van der Waals surface area contributed by atoms with Crippen molar-refractivity contribution in [2.75, 3.05) is 5.88 Å². The number of carbonyl (C=O) groups excluding carboxylic acids is 2. The summed E-state index contributed by atoms with van der Waals surface area (Å²) >= 11 is 5.57. The molecule has 2 fully saturated rings. The van der Waals surface area contributed by atoms with Gasteiger partial charge >= 0.3 is 6.09 Å². The fourth-order valence-electron chi connectivity index (χ4n) is 2.41. The summed E-state index contributed by atoms with van der Waals surface area (Å²) in [6.45, 7) is 5.47. The number of nitrogens with zero attached hydrogens (tertiary/aromatic N) is 1. The standard InChI is InChI=1S/C12H18ClNO3/c1-12(2,3)17-11(16)14-8-4-7(8)5-9(14)10(15)6-13/h7-9H,4-6H2,1-3H3/t7-,8+,9-/m1/s1. The molecule has 1 saturated carbocycles. The average molecular weight is 260 g/mol. The second-order valence-electron chi connectivity index (χ2n) is 5.80. The van der Waals surface area contributed by atoms with Gasteiger partial charge in [-0.3, -0.25) is 9.69 Å². The molecule has 1 amide bonds. The molecule has 5 heteroatoms. The number of piperidine rings is 1. The lowest BCUT2D eigenvalue weighted by Crippen LogP contribution is -2.46. The van der Waals surface area contributed by atoms with Crippen molar-refractivity contribution < 1.29 is 14.3 Å². The first kappa shape index (κ1) is 12.7. The minimum atomic E-state index is -0.529. The quantitative estimate of drug-likeness (QED) is 0.714. The molecule has 0 spiro atoms. The normalized spacial score (nSPS) is 31.1. The monoisotopic (exact) mass is 259 g/mol. The number of ether oxygens (including phenoxy) is 1. The summed E-state index contributed by atoms with van der Waals surface area (Å²) in [5, 5.41) is 0. The first-order chi connectivity index (χ1) is 7.83. The molecule has 0 aromatic carbocycles. The number of hydrogen-bond acceptors (Lipinski definition) is 3. The van der Waals surface area contributed by atoms with E-state index in [9.17, 15) is 9.59 Å². The van der Waals surface area contributed by atoms with Crippen LogP contribution < -0.4 is 0 Å². The Morgan fingerprint density at radius 1 is 1.35 bits per heavy atom. The van der Waals surface area contributed by atoms with Crippen LogP contribution in [0.2, 0.25) is 0 Å². The highest BCUT2D eigenvalue weighted by atomic mass is 35.5. The van der Waals surface area contributed by atoms with Crippen molar-refractivity contribution in [1.82, 2.24) is 4.90 Å². The molecule has 2 rings (SSSR count). The molecule has 0 bridgehead atoms. The molecule has 3 atom stereocenters. The molecule has 96 valence electrons. The Kier molecular flexibility index (Phi) is 3.10. The van der Waals surface area contributed by atoms with E-state index in [0.717, 1.165) is 12.8 Å². The van der Waals surface area contributed by atoms with Crippen LogP contribution in [0.25, 0.3) is 0 Å². The van der Waals surface area contributed by atoms with Crippen molar-refractivity contribution in [3.8, 4) is 0 Å². The van der Waals surface area contributed by atoms with Crippen LogP contribution in [0.4, 0.5) is 4.79 Å². The number of ketones is 1. The highest BCUT2D eigenvalue weighted by Gasteiger charge is 2.56. The van der Waals surface area contributed by atoms with E-state index in [1.165, 1.54) is 0 Å². The van der Waals surface area contributed by atoms with Gasteiger partial charge in [0.1, 0.15) is 5.60 Å². The molecule has 0 aromatic rings. The largest absolute Gasteiger partial charge is 0.444 e. The molecule has 1 aliphatic heterocycles. The Morgan fingerprint density at radius 2 is 2.00 bits per heavy atom. The molecule has 0 aromatic heterocycles. The van der Waals surface area contributed by atoms with Crippen molar-refractivity contribution in [2.24, 2.45) is 5.92 Å². The Morgan fingerprint density at radius 3 is 2.53 bits per heavy atom. The second-order valence-corrected chi connectivity index (χ2v) is 6.07. The summed E-state index contributed by atoms with van der Waals surface area (Å²) in [4.78, 5) is 25.3. The van der Waals surface area contributed by atoms with E-state index in [-0.39, 0.29) is 29.8 Å². The highest BCUT2D eigenvalue weighted by Crippen LogP contribution is 2.48. The Balaban J connectivity index is 2.07. The van der Waals surface area contributed by atoms with Crippen LogP contribution in [-0.2, 0) is 9.53 Å². The Bertz CT molecular complexity index is 350. The predicted octanol–water partition coefficient (Wildman–Crippen LogP) is 2.19. The van der Waals surface area contributed by atoms with E-state index >= 15 is 0 Å². The summed E-state index contributed by atoms with van der Waals surface area (Å²) in [6, 6.07) is -0.173. The predicted molar refractivity (Wildman–Crippen MR) is 64.1 cm³/mol. The summed E-state index contributed by atoms with van der Waals surface area (Å²) in [5.74, 6) is 0.355. The molecule has 0 N–H and O–H groups in total. The van der Waals surface area contributed by atoms with Crippen molar-refractivity contribution in [3.63, 3.8) is 0 Å². The highest BCUT2D eigenvalue weighted by molar-refractivity contribution is 6.28. The number of rotatable bonds is 2. The SMILES string of the molecule is CC(C)(C)OC(=O)N1[C@@H](C(=O)CCl)C[C@H]2C[C@@H]21. The van der Waals surface area contributed by atoms with Crippen LogP contribution in [0.15, 0.2) is 0 Å². The maximum Gasteiger partial charge on any atom is 0.411 e. The smallest absolute Gasteiger partial charge is 0.411 e. The molecule has 0 radical (unpaired) electrons. The lowest BCUT2D eigenvalue weighted by molar-refractivity contribution is -0.121. The third-order valence-corrected chi connectivity index (χ3v) is 3.48. The minimum Gasteiger partial charge on any atom is -0.444 e. The maximum atomic E-state index is 12.0.